The summed E-state index contributed by atoms with van der Waals surface area (Å²) in [6.45, 7) is 1.07. The van der Waals surface area contributed by atoms with Gasteiger partial charge in [0.15, 0.2) is 6.61 Å². The van der Waals surface area contributed by atoms with Gasteiger partial charge in [0.2, 0.25) is 0 Å². The van der Waals surface area contributed by atoms with Crippen LogP contribution in [0.1, 0.15) is 45.4 Å². The average Bonchev–Trinajstić information content (AvgIpc) is 3.35. The number of rotatable bonds is 7. The van der Waals surface area contributed by atoms with Crippen LogP contribution in [0.2, 0.25) is 0 Å². The summed E-state index contributed by atoms with van der Waals surface area (Å²) in [6.07, 6.45) is 1.60. The summed E-state index contributed by atoms with van der Waals surface area (Å²) >= 11 is 0. The van der Waals surface area contributed by atoms with Gasteiger partial charge in [-0.05, 0) is 39.0 Å². The first kappa shape index (κ1) is 24.8. The number of fused-ring (bicyclic) bond motifs is 1. The Morgan fingerprint density at radius 1 is 1.18 bits per heavy atom. The largest absolute Gasteiger partial charge is 0.465 e. The Hall–Kier alpha value is -2.35. The van der Waals surface area contributed by atoms with Crippen LogP contribution in [-0.2, 0) is 48.2 Å². The van der Waals surface area contributed by atoms with Crippen molar-refractivity contribution in [2.24, 2.45) is 23.7 Å². The molecule has 14 heteroatoms. The molecule has 0 aromatic heterocycles. The second-order valence-electron chi connectivity index (χ2n) is 9.47. The van der Waals surface area contributed by atoms with E-state index in [2.05, 4.69) is 4.74 Å². The minimum Gasteiger partial charge on any atom is -0.458 e. The van der Waals surface area contributed by atoms with Crippen molar-refractivity contribution in [2.75, 3.05) is 6.61 Å². The fourth-order valence-corrected chi connectivity index (χ4v) is 5.96. The minimum absolute atomic E-state index is 0.0960. The summed E-state index contributed by atoms with van der Waals surface area (Å²) in [7, 11) is -6.10. The molecule has 0 radical (unpaired) electrons. The van der Waals surface area contributed by atoms with Crippen molar-refractivity contribution in [1.29, 1.82) is 0 Å². The van der Waals surface area contributed by atoms with Crippen LogP contribution in [0.25, 0.3) is 0 Å². The normalized spacial score (nSPS) is 33.8. The van der Waals surface area contributed by atoms with E-state index in [4.69, 9.17) is 18.8 Å². The zero-order chi connectivity index (χ0) is 25.1. The molecule has 1 N–H and O–H groups in total. The fraction of sp³-hybridized carbons (Fsp3) is 0.800. The molecule has 4 fully saturated rings. The monoisotopic (exact) mass is 510 g/mol. The second kappa shape index (κ2) is 8.40. The fourth-order valence-electron chi connectivity index (χ4n) is 5.70. The molecule has 1 aliphatic heterocycles. The van der Waals surface area contributed by atoms with Crippen LogP contribution in [0.3, 0.4) is 0 Å². The summed E-state index contributed by atoms with van der Waals surface area (Å²) in [5.41, 5.74) is -0.659. The Bertz CT molecular complexity index is 1000. The van der Waals surface area contributed by atoms with E-state index < -0.39 is 87.3 Å². The molecule has 190 valence electrons. The van der Waals surface area contributed by atoms with E-state index in [1.165, 1.54) is 0 Å². The van der Waals surface area contributed by atoms with Crippen molar-refractivity contribution in [3.8, 4) is 0 Å². The van der Waals surface area contributed by atoms with Gasteiger partial charge in [0.05, 0.1) is 11.8 Å². The summed E-state index contributed by atoms with van der Waals surface area (Å²) in [5.74, 6) is -8.95. The van der Waals surface area contributed by atoms with Crippen molar-refractivity contribution in [1.82, 2.24) is 0 Å². The lowest BCUT2D eigenvalue weighted by atomic mass is 9.78. The van der Waals surface area contributed by atoms with Gasteiger partial charge in [0, 0.05) is 11.8 Å². The van der Waals surface area contributed by atoms with Crippen LogP contribution in [0.4, 0.5) is 8.78 Å². The molecule has 0 spiro atoms. The first-order valence-electron chi connectivity index (χ1n) is 10.9. The van der Waals surface area contributed by atoms with Gasteiger partial charge in [0.25, 0.3) is 0 Å². The van der Waals surface area contributed by atoms with E-state index in [1.54, 1.807) is 6.92 Å². The van der Waals surface area contributed by atoms with Crippen LogP contribution in [-0.4, -0.2) is 66.5 Å². The highest BCUT2D eigenvalue weighted by atomic mass is 32.2. The smallest absolute Gasteiger partial charge is 0.458 e. The molecular weight excluding hydrogens is 486 g/mol. The SMILES string of the molecule is CC1(OC(=O)COC(=O)C2C3CC4C(OC(=O)C42)C3OC(=O)C(F)(F)S(=O)(=O)O)CCCCC1. The molecule has 0 amide bonds. The number of hydrogen-bond donors (Lipinski definition) is 1. The number of carbonyl (C=O) groups excluding carboxylic acids is 4. The quantitative estimate of drug-likeness (QED) is 0.296. The molecule has 6 unspecified atom stereocenters. The first-order valence-corrected chi connectivity index (χ1v) is 12.3. The van der Waals surface area contributed by atoms with Gasteiger partial charge in [-0.15, -0.1) is 0 Å². The van der Waals surface area contributed by atoms with E-state index in [0.717, 1.165) is 19.3 Å². The highest BCUT2D eigenvalue weighted by molar-refractivity contribution is 7.87. The zero-order valence-electron chi connectivity index (χ0n) is 18.1. The predicted molar refractivity (Wildman–Crippen MR) is 103 cm³/mol. The molecule has 11 nitrogen and oxygen atoms in total. The van der Waals surface area contributed by atoms with Crippen LogP contribution in [0.5, 0.6) is 0 Å². The number of hydrogen-bond acceptors (Lipinski definition) is 10. The predicted octanol–water partition coefficient (Wildman–Crippen LogP) is 0.995. The maximum Gasteiger partial charge on any atom is 0.465 e. The lowest BCUT2D eigenvalue weighted by molar-refractivity contribution is -0.181. The Labute approximate surface area is 193 Å². The second-order valence-corrected chi connectivity index (χ2v) is 10.9. The van der Waals surface area contributed by atoms with Crippen LogP contribution >= 0.6 is 0 Å². The number of halogens is 2. The highest BCUT2D eigenvalue weighted by Gasteiger charge is 2.71. The molecule has 3 saturated carbocycles. The molecule has 4 rings (SSSR count). The van der Waals surface area contributed by atoms with Gasteiger partial charge in [-0.25, -0.2) is 9.59 Å². The Kier molecular flexibility index (Phi) is 6.12. The molecule has 0 aromatic carbocycles. The topological polar surface area (TPSA) is 160 Å². The van der Waals surface area contributed by atoms with Crippen molar-refractivity contribution >= 4 is 34.0 Å². The van der Waals surface area contributed by atoms with E-state index in [1.807, 2.05) is 0 Å². The average molecular weight is 510 g/mol. The summed E-state index contributed by atoms with van der Waals surface area (Å²) in [4.78, 5) is 49.1. The number of esters is 4. The van der Waals surface area contributed by atoms with Gasteiger partial charge in [-0.2, -0.15) is 17.2 Å². The molecule has 4 aliphatic rings. The maximum absolute atomic E-state index is 13.7. The molecule has 3 aliphatic carbocycles. The van der Waals surface area contributed by atoms with E-state index in [-0.39, 0.29) is 6.42 Å². The maximum atomic E-state index is 13.7. The molecule has 6 atom stereocenters. The molecule has 1 saturated heterocycles. The van der Waals surface area contributed by atoms with E-state index in [0.29, 0.717) is 12.8 Å². The summed E-state index contributed by atoms with van der Waals surface area (Å²) < 4.78 is 77.8. The zero-order valence-corrected chi connectivity index (χ0v) is 18.9. The number of alkyl halides is 2. The molecular formula is C20H24F2O11S. The van der Waals surface area contributed by atoms with Crippen LogP contribution < -0.4 is 0 Å². The third-order valence-corrected chi connectivity index (χ3v) is 8.04. The Morgan fingerprint density at radius 3 is 2.44 bits per heavy atom. The van der Waals surface area contributed by atoms with Gasteiger partial charge < -0.3 is 18.9 Å². The van der Waals surface area contributed by atoms with Crippen molar-refractivity contribution in [3.05, 3.63) is 0 Å². The molecule has 34 heavy (non-hydrogen) atoms. The third kappa shape index (κ3) is 4.14. The van der Waals surface area contributed by atoms with Crippen molar-refractivity contribution in [3.63, 3.8) is 0 Å². The van der Waals surface area contributed by atoms with Gasteiger partial charge in [-0.3, -0.25) is 14.1 Å². The van der Waals surface area contributed by atoms with Crippen LogP contribution in [0.15, 0.2) is 0 Å². The molecule has 2 bridgehead atoms. The summed E-state index contributed by atoms with van der Waals surface area (Å²) in [6, 6.07) is 0. The van der Waals surface area contributed by atoms with Gasteiger partial charge in [0.1, 0.15) is 17.8 Å². The highest BCUT2D eigenvalue weighted by Crippen LogP contribution is 2.59. The van der Waals surface area contributed by atoms with Crippen LogP contribution in [0, 0.1) is 23.7 Å². The van der Waals surface area contributed by atoms with E-state index in [9.17, 15) is 36.4 Å². The van der Waals surface area contributed by atoms with Crippen molar-refractivity contribution in [2.45, 2.75) is 68.5 Å². The lowest BCUT2D eigenvalue weighted by Crippen LogP contribution is -2.48. The molecule has 1 heterocycles. The first-order chi connectivity index (χ1) is 15.7. The lowest BCUT2D eigenvalue weighted by Gasteiger charge is -2.33. The number of carbonyl (C=O) groups is 4. The molecule has 0 aromatic rings. The summed E-state index contributed by atoms with van der Waals surface area (Å²) in [5, 5.41) is -5.24. The third-order valence-electron chi connectivity index (χ3n) is 7.23. The number of ether oxygens (including phenoxy) is 4. The Balaban J connectivity index is 1.42. The standard InChI is InChI=1S/C20H24F2O11S/c1-19(5-3-2-4-6-19)33-11(23)8-30-16(24)12-9-7-10-13(12)17(25)31-14(10)15(9)32-18(26)20(21,22)34(27,28)29/h9-10,12-15H,2-8H2,1H3,(H,27,28,29). The van der Waals surface area contributed by atoms with Gasteiger partial charge in [-0.1, -0.05) is 6.42 Å². The van der Waals surface area contributed by atoms with Gasteiger partial charge >= 0.3 is 39.2 Å². The minimum atomic E-state index is -6.10. The van der Waals surface area contributed by atoms with E-state index >= 15 is 0 Å². The Morgan fingerprint density at radius 2 is 1.82 bits per heavy atom. The van der Waals surface area contributed by atoms with Crippen molar-refractivity contribution < 1.29 is 59.9 Å².